The zero-order valence-corrected chi connectivity index (χ0v) is 7.66. The summed E-state index contributed by atoms with van der Waals surface area (Å²) in [5, 5.41) is 11.0. The maximum atomic E-state index is 12.7. The maximum absolute atomic E-state index is 12.7. The SMILES string of the molecule is O=C(CCO)NCc1cccc(F)c1. The van der Waals surface area contributed by atoms with Gasteiger partial charge in [-0.2, -0.15) is 0 Å². The molecule has 1 rings (SSSR count). The van der Waals surface area contributed by atoms with Crippen LogP contribution in [0.4, 0.5) is 4.39 Å². The predicted octanol–water partition coefficient (Wildman–Crippen LogP) is 0.824. The van der Waals surface area contributed by atoms with E-state index in [9.17, 15) is 9.18 Å². The molecular weight excluding hydrogens is 185 g/mol. The molecule has 0 saturated carbocycles. The Morgan fingerprint density at radius 1 is 1.50 bits per heavy atom. The van der Waals surface area contributed by atoms with Gasteiger partial charge in [-0.25, -0.2) is 4.39 Å². The van der Waals surface area contributed by atoms with Crippen LogP contribution >= 0.6 is 0 Å². The molecule has 0 aliphatic rings. The molecule has 4 heteroatoms. The van der Waals surface area contributed by atoms with Gasteiger partial charge in [-0.1, -0.05) is 12.1 Å². The van der Waals surface area contributed by atoms with Crippen LogP contribution in [0.5, 0.6) is 0 Å². The summed E-state index contributed by atoms with van der Waals surface area (Å²) in [5.41, 5.74) is 0.705. The Hall–Kier alpha value is -1.42. The number of aliphatic hydroxyl groups excluding tert-OH is 1. The van der Waals surface area contributed by atoms with Gasteiger partial charge in [-0.05, 0) is 17.7 Å². The van der Waals surface area contributed by atoms with Crippen LogP contribution in [0, 0.1) is 5.82 Å². The summed E-state index contributed by atoms with van der Waals surface area (Å²) in [7, 11) is 0. The number of benzene rings is 1. The molecular formula is C10H12FNO2. The van der Waals surface area contributed by atoms with E-state index < -0.39 is 0 Å². The quantitative estimate of drug-likeness (QED) is 0.751. The van der Waals surface area contributed by atoms with Gasteiger partial charge in [0.2, 0.25) is 5.91 Å². The molecule has 0 spiro atoms. The van der Waals surface area contributed by atoms with Crippen molar-refractivity contribution in [1.82, 2.24) is 5.32 Å². The van der Waals surface area contributed by atoms with E-state index in [4.69, 9.17) is 5.11 Å². The lowest BCUT2D eigenvalue weighted by atomic mass is 10.2. The molecule has 0 bridgehead atoms. The van der Waals surface area contributed by atoms with Gasteiger partial charge >= 0.3 is 0 Å². The molecule has 14 heavy (non-hydrogen) atoms. The van der Waals surface area contributed by atoms with Crippen LogP contribution in [0.3, 0.4) is 0 Å². The molecule has 0 saturated heterocycles. The van der Waals surface area contributed by atoms with Gasteiger partial charge in [-0.15, -0.1) is 0 Å². The minimum Gasteiger partial charge on any atom is -0.396 e. The Morgan fingerprint density at radius 2 is 2.29 bits per heavy atom. The summed E-state index contributed by atoms with van der Waals surface area (Å²) in [6, 6.07) is 6.02. The standard InChI is InChI=1S/C10H12FNO2/c11-9-3-1-2-8(6-9)7-12-10(14)4-5-13/h1-3,6,13H,4-5,7H2,(H,12,14). The van der Waals surface area contributed by atoms with Crippen molar-refractivity contribution in [3.8, 4) is 0 Å². The van der Waals surface area contributed by atoms with Crippen molar-refractivity contribution in [3.05, 3.63) is 35.6 Å². The van der Waals surface area contributed by atoms with Gasteiger partial charge in [0.1, 0.15) is 5.82 Å². The highest BCUT2D eigenvalue weighted by Gasteiger charge is 2.00. The first-order chi connectivity index (χ1) is 6.72. The normalized spacial score (nSPS) is 9.86. The Kier molecular flexibility index (Phi) is 4.07. The number of rotatable bonds is 4. The van der Waals surface area contributed by atoms with Crippen LogP contribution in [-0.2, 0) is 11.3 Å². The highest BCUT2D eigenvalue weighted by atomic mass is 19.1. The highest BCUT2D eigenvalue weighted by molar-refractivity contribution is 5.75. The second-order valence-electron chi connectivity index (χ2n) is 2.88. The summed E-state index contributed by atoms with van der Waals surface area (Å²) < 4.78 is 12.7. The summed E-state index contributed by atoms with van der Waals surface area (Å²) in [5.74, 6) is -0.560. The first kappa shape index (κ1) is 10.7. The van der Waals surface area contributed by atoms with E-state index in [1.54, 1.807) is 12.1 Å². The topological polar surface area (TPSA) is 49.3 Å². The molecule has 0 heterocycles. The van der Waals surface area contributed by atoms with Gasteiger partial charge in [0.15, 0.2) is 0 Å². The minimum absolute atomic E-state index is 0.0787. The lowest BCUT2D eigenvalue weighted by Crippen LogP contribution is -2.23. The van der Waals surface area contributed by atoms with Crippen molar-refractivity contribution in [2.75, 3.05) is 6.61 Å². The number of hydrogen-bond donors (Lipinski definition) is 2. The zero-order chi connectivity index (χ0) is 10.4. The first-order valence-corrected chi connectivity index (χ1v) is 4.34. The number of carbonyl (C=O) groups is 1. The molecule has 0 unspecified atom stereocenters. The molecule has 0 aliphatic heterocycles. The van der Waals surface area contributed by atoms with Crippen LogP contribution in [0.15, 0.2) is 24.3 Å². The molecule has 3 nitrogen and oxygen atoms in total. The van der Waals surface area contributed by atoms with Gasteiger partial charge in [0, 0.05) is 13.0 Å². The number of amides is 1. The van der Waals surface area contributed by atoms with Crippen LogP contribution in [0.25, 0.3) is 0 Å². The third-order valence-corrected chi connectivity index (χ3v) is 1.72. The van der Waals surface area contributed by atoms with E-state index in [0.29, 0.717) is 5.56 Å². The second-order valence-corrected chi connectivity index (χ2v) is 2.88. The molecule has 2 N–H and O–H groups in total. The Balaban J connectivity index is 2.41. The summed E-state index contributed by atoms with van der Waals surface area (Å²) in [6.07, 6.45) is 0.0787. The molecule has 0 aliphatic carbocycles. The fraction of sp³-hybridized carbons (Fsp3) is 0.300. The third kappa shape index (κ3) is 3.53. The van der Waals surface area contributed by atoms with Crippen molar-refractivity contribution in [2.24, 2.45) is 0 Å². The van der Waals surface area contributed by atoms with Gasteiger partial charge < -0.3 is 10.4 Å². The molecule has 0 atom stereocenters. The van der Waals surface area contributed by atoms with Crippen LogP contribution in [0.2, 0.25) is 0 Å². The van der Waals surface area contributed by atoms with Crippen LogP contribution in [-0.4, -0.2) is 17.6 Å². The summed E-state index contributed by atoms with van der Waals surface area (Å²) in [6.45, 7) is 0.117. The molecule has 0 radical (unpaired) electrons. The van der Waals surface area contributed by atoms with E-state index in [-0.39, 0.29) is 31.3 Å². The first-order valence-electron chi connectivity index (χ1n) is 4.34. The van der Waals surface area contributed by atoms with E-state index in [0.717, 1.165) is 0 Å². The molecule has 76 valence electrons. The fourth-order valence-corrected chi connectivity index (χ4v) is 1.04. The monoisotopic (exact) mass is 197 g/mol. The fourth-order valence-electron chi connectivity index (χ4n) is 1.04. The minimum atomic E-state index is -0.320. The smallest absolute Gasteiger partial charge is 0.222 e. The molecule has 0 fully saturated rings. The average molecular weight is 197 g/mol. The van der Waals surface area contributed by atoms with Gasteiger partial charge in [-0.3, -0.25) is 4.79 Å². The molecule has 1 aromatic carbocycles. The summed E-state index contributed by atoms with van der Waals surface area (Å²) >= 11 is 0. The lowest BCUT2D eigenvalue weighted by molar-refractivity contribution is -0.121. The van der Waals surface area contributed by atoms with E-state index in [1.165, 1.54) is 12.1 Å². The van der Waals surface area contributed by atoms with Crippen molar-refractivity contribution < 1.29 is 14.3 Å². The third-order valence-electron chi connectivity index (χ3n) is 1.72. The van der Waals surface area contributed by atoms with Gasteiger partial charge in [0.05, 0.1) is 6.61 Å². The summed E-state index contributed by atoms with van der Waals surface area (Å²) in [4.78, 5) is 10.9. The Morgan fingerprint density at radius 3 is 2.93 bits per heavy atom. The van der Waals surface area contributed by atoms with Gasteiger partial charge in [0.25, 0.3) is 0 Å². The maximum Gasteiger partial charge on any atom is 0.222 e. The second kappa shape index (κ2) is 5.34. The number of halogens is 1. The Labute approximate surface area is 81.6 Å². The Bertz CT molecular complexity index is 315. The van der Waals surface area contributed by atoms with Crippen molar-refractivity contribution in [2.45, 2.75) is 13.0 Å². The molecule has 1 aromatic rings. The lowest BCUT2D eigenvalue weighted by Gasteiger charge is -2.03. The molecule has 0 aromatic heterocycles. The van der Waals surface area contributed by atoms with E-state index in [2.05, 4.69) is 5.32 Å². The predicted molar refractivity (Wildman–Crippen MR) is 49.9 cm³/mol. The zero-order valence-electron chi connectivity index (χ0n) is 7.66. The van der Waals surface area contributed by atoms with Crippen LogP contribution < -0.4 is 5.32 Å². The highest BCUT2D eigenvalue weighted by Crippen LogP contribution is 2.02. The van der Waals surface area contributed by atoms with Crippen molar-refractivity contribution in [3.63, 3.8) is 0 Å². The van der Waals surface area contributed by atoms with Crippen molar-refractivity contribution in [1.29, 1.82) is 0 Å². The number of carbonyl (C=O) groups excluding carboxylic acids is 1. The largest absolute Gasteiger partial charge is 0.396 e. The van der Waals surface area contributed by atoms with Crippen molar-refractivity contribution >= 4 is 5.91 Å². The van der Waals surface area contributed by atoms with E-state index >= 15 is 0 Å². The molecule has 1 amide bonds. The number of hydrogen-bond acceptors (Lipinski definition) is 2. The number of aliphatic hydroxyl groups is 1. The van der Waals surface area contributed by atoms with Crippen LogP contribution in [0.1, 0.15) is 12.0 Å². The average Bonchev–Trinajstić information content (AvgIpc) is 2.15. The number of nitrogens with one attached hydrogen (secondary N) is 1. The van der Waals surface area contributed by atoms with E-state index in [1.807, 2.05) is 0 Å².